The van der Waals surface area contributed by atoms with Crippen LogP contribution in [0.5, 0.6) is 5.75 Å². The van der Waals surface area contributed by atoms with Gasteiger partial charge in [0.2, 0.25) is 0 Å². The Kier molecular flexibility index (Phi) is 7.52. The van der Waals surface area contributed by atoms with Crippen molar-refractivity contribution >= 4 is 5.57 Å². The summed E-state index contributed by atoms with van der Waals surface area (Å²) in [7, 11) is 0. The summed E-state index contributed by atoms with van der Waals surface area (Å²) in [6.07, 6.45) is 6.19. The molecule has 0 radical (unpaired) electrons. The molecule has 0 amide bonds. The van der Waals surface area contributed by atoms with Crippen LogP contribution in [0.1, 0.15) is 74.2 Å². The molecule has 1 aromatic rings. The standard InChI is InChI=1S/C34H46N2O7/c35-33(42)29-26(38)15-19-13-18-14-24-23(9-10-25(37)28(24)30(39)27(18)31(40)34(19,43)32(29)41)22-8-7-17(16-36-11-3-4-12-36)20-5-1-2-6-21(20)22/h7-10,18-21,27,30-33,37-43H,1-6,11-16,35H2/t18-,19+,20?,21?,27?,30?,31?,32?,33?,34+/m1/s1. The van der Waals surface area contributed by atoms with Crippen LogP contribution >= 0.6 is 0 Å². The summed E-state index contributed by atoms with van der Waals surface area (Å²) in [4.78, 5) is 2.57. The fourth-order valence-electron chi connectivity index (χ4n) is 9.87. The Morgan fingerprint density at radius 2 is 1.67 bits per heavy atom. The number of likely N-dealkylation sites (tertiary alicyclic amines) is 1. The van der Waals surface area contributed by atoms with E-state index in [1.54, 1.807) is 6.07 Å². The quantitative estimate of drug-likeness (QED) is 0.244. The summed E-state index contributed by atoms with van der Waals surface area (Å²) in [5.41, 5.74) is 8.22. The molecule has 9 nitrogen and oxygen atoms in total. The van der Waals surface area contributed by atoms with E-state index >= 15 is 0 Å². The summed E-state index contributed by atoms with van der Waals surface area (Å²) in [6, 6.07) is 3.60. The van der Waals surface area contributed by atoms with Crippen molar-refractivity contribution < 1.29 is 35.7 Å². The predicted molar refractivity (Wildman–Crippen MR) is 160 cm³/mol. The van der Waals surface area contributed by atoms with Gasteiger partial charge in [-0.3, -0.25) is 4.90 Å². The zero-order chi connectivity index (χ0) is 30.2. The number of hydrogen-bond donors (Lipinski definition) is 8. The first-order chi connectivity index (χ1) is 20.6. The zero-order valence-corrected chi connectivity index (χ0v) is 24.6. The van der Waals surface area contributed by atoms with Gasteiger partial charge in [0.25, 0.3) is 0 Å². The van der Waals surface area contributed by atoms with E-state index in [1.165, 1.54) is 43.3 Å². The average molecular weight is 595 g/mol. The fraction of sp³-hybridized carbons (Fsp3) is 0.647. The lowest BCUT2D eigenvalue weighted by atomic mass is 9.53. The van der Waals surface area contributed by atoms with E-state index in [0.717, 1.165) is 37.2 Å². The molecule has 1 aliphatic heterocycles. The second kappa shape index (κ2) is 11.0. The van der Waals surface area contributed by atoms with Crippen LogP contribution in [0.15, 0.2) is 41.2 Å². The fourth-order valence-corrected chi connectivity index (χ4v) is 9.87. The van der Waals surface area contributed by atoms with Gasteiger partial charge in [0.1, 0.15) is 23.7 Å². The minimum Gasteiger partial charge on any atom is -0.512 e. The average Bonchev–Trinajstić information content (AvgIpc) is 3.49. The van der Waals surface area contributed by atoms with E-state index in [4.69, 9.17) is 5.73 Å². The van der Waals surface area contributed by atoms with Crippen LogP contribution in [0.3, 0.4) is 0 Å². The van der Waals surface area contributed by atoms with Gasteiger partial charge in [0, 0.05) is 35.9 Å². The highest BCUT2D eigenvalue weighted by Crippen LogP contribution is 2.58. The van der Waals surface area contributed by atoms with E-state index < -0.39 is 42.0 Å². The molecule has 0 spiro atoms. The van der Waals surface area contributed by atoms with E-state index in [2.05, 4.69) is 17.1 Å². The molecule has 1 heterocycles. The van der Waals surface area contributed by atoms with Crippen LogP contribution < -0.4 is 5.73 Å². The first kappa shape index (κ1) is 29.5. The lowest BCUT2D eigenvalue weighted by Crippen LogP contribution is -2.68. The number of benzene rings is 1. The van der Waals surface area contributed by atoms with Crippen molar-refractivity contribution in [3.05, 3.63) is 57.9 Å². The molecule has 1 aromatic carbocycles. The third kappa shape index (κ3) is 4.54. The third-order valence-corrected chi connectivity index (χ3v) is 11.9. The number of hydrogen-bond acceptors (Lipinski definition) is 9. The second-order valence-corrected chi connectivity index (χ2v) is 14.1. The van der Waals surface area contributed by atoms with Gasteiger partial charge >= 0.3 is 0 Å². The van der Waals surface area contributed by atoms with Crippen LogP contribution in [-0.4, -0.2) is 84.3 Å². The number of aliphatic hydroxyl groups is 6. The topological polar surface area (TPSA) is 171 Å². The summed E-state index contributed by atoms with van der Waals surface area (Å²) in [5, 5.41) is 77.9. The number of phenols is 1. The highest BCUT2D eigenvalue weighted by Gasteiger charge is 2.63. The van der Waals surface area contributed by atoms with E-state index in [9.17, 15) is 35.7 Å². The first-order valence-electron chi connectivity index (χ1n) is 16.2. The molecule has 1 saturated heterocycles. The number of allylic oxidation sites excluding steroid dienone is 4. The van der Waals surface area contributed by atoms with E-state index in [-0.39, 0.29) is 29.4 Å². The SMILES string of the molecule is NC(O)C1=C(O)C[C@@H]2C[C@@H]3Cc4c(C5=CC=C(CN6CCCC6)C6CCCCC56)ccc(O)c4C(O)C3C(O)[C@]2(O)C1O. The summed E-state index contributed by atoms with van der Waals surface area (Å²) in [6.45, 7) is 3.36. The summed E-state index contributed by atoms with van der Waals surface area (Å²) < 4.78 is 0. The molecular formula is C34H46N2O7. The highest BCUT2D eigenvalue weighted by molar-refractivity contribution is 5.76. The van der Waals surface area contributed by atoms with Gasteiger partial charge in [-0.05, 0) is 92.1 Å². The largest absolute Gasteiger partial charge is 0.512 e. The van der Waals surface area contributed by atoms with Crippen LogP contribution in [0.25, 0.3) is 5.57 Å². The maximum atomic E-state index is 11.8. The number of rotatable bonds is 4. The van der Waals surface area contributed by atoms with Gasteiger partial charge < -0.3 is 41.5 Å². The molecule has 7 rings (SSSR count). The smallest absolute Gasteiger partial charge is 0.130 e. The van der Waals surface area contributed by atoms with Gasteiger partial charge in [-0.1, -0.05) is 36.6 Å². The number of phenolic OH excluding ortho intramolecular Hbond substituents is 1. The van der Waals surface area contributed by atoms with Crippen molar-refractivity contribution in [1.29, 1.82) is 0 Å². The van der Waals surface area contributed by atoms with E-state index in [1.807, 2.05) is 6.07 Å². The highest BCUT2D eigenvalue weighted by atomic mass is 16.4. The van der Waals surface area contributed by atoms with Crippen molar-refractivity contribution in [2.24, 2.45) is 35.3 Å². The molecule has 0 bridgehead atoms. The predicted octanol–water partition coefficient (Wildman–Crippen LogP) is 2.41. The lowest BCUT2D eigenvalue weighted by Gasteiger charge is -2.57. The van der Waals surface area contributed by atoms with Gasteiger partial charge in [0.15, 0.2) is 0 Å². The summed E-state index contributed by atoms with van der Waals surface area (Å²) >= 11 is 0. The Labute approximate surface area is 252 Å². The van der Waals surface area contributed by atoms with Crippen molar-refractivity contribution in [2.75, 3.05) is 19.6 Å². The van der Waals surface area contributed by atoms with Crippen LogP contribution in [-0.2, 0) is 6.42 Å². The Hall–Kier alpha value is -2.24. The molecular weight excluding hydrogens is 548 g/mol. The molecule has 9 N–H and O–H groups in total. The van der Waals surface area contributed by atoms with Crippen LogP contribution in [0.2, 0.25) is 0 Å². The molecule has 234 valence electrons. The van der Waals surface area contributed by atoms with E-state index in [0.29, 0.717) is 30.2 Å². The zero-order valence-electron chi connectivity index (χ0n) is 24.6. The van der Waals surface area contributed by atoms with Gasteiger partial charge in [0.05, 0.1) is 18.0 Å². The van der Waals surface area contributed by atoms with Crippen molar-refractivity contribution in [3.8, 4) is 5.75 Å². The van der Waals surface area contributed by atoms with Gasteiger partial charge in [-0.15, -0.1) is 0 Å². The number of aromatic hydroxyl groups is 1. The number of aliphatic hydroxyl groups excluding tert-OH is 5. The molecule has 7 unspecified atom stereocenters. The Morgan fingerprint density at radius 3 is 2.40 bits per heavy atom. The second-order valence-electron chi connectivity index (χ2n) is 14.1. The molecule has 6 aliphatic rings. The van der Waals surface area contributed by atoms with Crippen LogP contribution in [0.4, 0.5) is 0 Å². The molecule has 10 atom stereocenters. The maximum Gasteiger partial charge on any atom is 0.130 e. The maximum absolute atomic E-state index is 11.8. The Balaban J connectivity index is 1.26. The van der Waals surface area contributed by atoms with Gasteiger partial charge in [-0.2, -0.15) is 0 Å². The summed E-state index contributed by atoms with van der Waals surface area (Å²) in [5.74, 6) is -1.30. The molecule has 9 heteroatoms. The third-order valence-electron chi connectivity index (χ3n) is 11.9. The van der Waals surface area contributed by atoms with Crippen molar-refractivity contribution in [1.82, 2.24) is 4.90 Å². The molecule has 43 heavy (non-hydrogen) atoms. The Morgan fingerprint density at radius 1 is 0.953 bits per heavy atom. The number of fused-ring (bicyclic) bond motifs is 4. The van der Waals surface area contributed by atoms with Crippen molar-refractivity contribution in [2.45, 2.75) is 87.9 Å². The lowest BCUT2D eigenvalue weighted by molar-refractivity contribution is -0.238. The minimum atomic E-state index is -2.12. The normalized spacial score (nSPS) is 40.1. The first-order valence-corrected chi connectivity index (χ1v) is 16.2. The molecule has 5 aliphatic carbocycles. The number of nitrogens with zero attached hydrogens (tertiary/aromatic N) is 1. The molecule has 0 aromatic heterocycles. The molecule has 3 fully saturated rings. The monoisotopic (exact) mass is 594 g/mol. The molecule has 2 saturated carbocycles. The van der Waals surface area contributed by atoms with Crippen LogP contribution in [0, 0.1) is 29.6 Å². The Bertz CT molecular complexity index is 1360. The number of nitrogens with two attached hydrogens (primary N) is 1. The van der Waals surface area contributed by atoms with Gasteiger partial charge in [-0.25, -0.2) is 0 Å². The van der Waals surface area contributed by atoms with Crippen molar-refractivity contribution in [3.63, 3.8) is 0 Å². The minimum absolute atomic E-state index is 0.0484.